The van der Waals surface area contributed by atoms with Crippen LogP contribution in [0.5, 0.6) is 5.75 Å². The van der Waals surface area contributed by atoms with Crippen molar-refractivity contribution in [3.63, 3.8) is 0 Å². The maximum Gasteiger partial charge on any atom is 0.251 e. The van der Waals surface area contributed by atoms with Crippen molar-refractivity contribution >= 4 is 11.6 Å². The molecule has 0 aliphatic carbocycles. The summed E-state index contributed by atoms with van der Waals surface area (Å²) in [5.74, 6) is 0.247. The summed E-state index contributed by atoms with van der Waals surface area (Å²) in [5.41, 5.74) is 7.79. The van der Waals surface area contributed by atoms with E-state index >= 15 is 0 Å². The highest BCUT2D eigenvalue weighted by Gasteiger charge is 2.08. The van der Waals surface area contributed by atoms with Gasteiger partial charge in [-0.2, -0.15) is 0 Å². The second kappa shape index (κ2) is 8.17. The van der Waals surface area contributed by atoms with Gasteiger partial charge in [-0.3, -0.25) is 4.79 Å². The highest BCUT2D eigenvalue weighted by Crippen LogP contribution is 2.13. The fourth-order valence-electron chi connectivity index (χ4n) is 2.13. The fourth-order valence-corrected chi connectivity index (χ4v) is 2.13. The Morgan fingerprint density at radius 1 is 1.17 bits per heavy atom. The summed E-state index contributed by atoms with van der Waals surface area (Å²) in [4.78, 5) is 12.1. The van der Waals surface area contributed by atoms with Gasteiger partial charge >= 0.3 is 0 Å². The molecule has 0 fully saturated rings. The molecule has 0 aliphatic rings. The summed E-state index contributed by atoms with van der Waals surface area (Å²) in [6.07, 6.45) is 1.60. The first-order chi connectivity index (χ1) is 11.1. The number of carbonyl (C=O) groups is 1. The van der Waals surface area contributed by atoms with E-state index in [1.807, 2.05) is 13.0 Å². The molecule has 0 atom stereocenters. The number of hydrogen-bond donors (Lipinski definition) is 2. The van der Waals surface area contributed by atoms with E-state index in [2.05, 4.69) is 5.32 Å². The van der Waals surface area contributed by atoms with E-state index in [9.17, 15) is 9.18 Å². The molecule has 2 aromatic rings. The molecule has 2 rings (SSSR count). The maximum absolute atomic E-state index is 12.7. The highest BCUT2D eigenvalue weighted by atomic mass is 19.1. The minimum atomic E-state index is -0.281. The van der Waals surface area contributed by atoms with Crippen molar-refractivity contribution in [3.8, 4) is 5.75 Å². The van der Waals surface area contributed by atoms with Gasteiger partial charge < -0.3 is 15.8 Å². The summed E-state index contributed by atoms with van der Waals surface area (Å²) in [5, 5.41) is 2.87. The monoisotopic (exact) mass is 316 g/mol. The van der Waals surface area contributed by atoms with Crippen molar-refractivity contribution in [2.75, 3.05) is 18.9 Å². The largest absolute Gasteiger partial charge is 0.494 e. The van der Waals surface area contributed by atoms with E-state index in [1.54, 1.807) is 24.3 Å². The number of nitrogen functional groups attached to an aromatic ring is 1. The molecule has 0 spiro atoms. The molecular formula is C18H21FN2O2. The number of aryl methyl sites for hydroxylation is 1. The molecule has 0 saturated heterocycles. The first-order valence-electron chi connectivity index (χ1n) is 7.59. The van der Waals surface area contributed by atoms with Gasteiger partial charge in [0.15, 0.2) is 0 Å². The van der Waals surface area contributed by atoms with Crippen LogP contribution in [0, 0.1) is 12.7 Å². The Labute approximate surface area is 135 Å². The zero-order chi connectivity index (χ0) is 16.7. The highest BCUT2D eigenvalue weighted by molar-refractivity contribution is 5.96. The minimum Gasteiger partial charge on any atom is -0.494 e. The van der Waals surface area contributed by atoms with Crippen LogP contribution < -0.4 is 15.8 Å². The molecule has 0 heterocycles. The SMILES string of the molecule is Cc1ccc(N)cc1C(=O)NCCCCOc1ccc(F)cc1. The number of anilines is 1. The number of carbonyl (C=O) groups excluding carboxylic acids is 1. The lowest BCUT2D eigenvalue weighted by Crippen LogP contribution is -2.25. The number of amides is 1. The Morgan fingerprint density at radius 2 is 1.91 bits per heavy atom. The average molecular weight is 316 g/mol. The van der Waals surface area contributed by atoms with E-state index in [-0.39, 0.29) is 11.7 Å². The minimum absolute atomic E-state index is 0.116. The number of benzene rings is 2. The predicted molar refractivity (Wildman–Crippen MR) is 89.1 cm³/mol. The van der Waals surface area contributed by atoms with E-state index in [0.717, 1.165) is 18.4 Å². The number of rotatable bonds is 7. The zero-order valence-electron chi connectivity index (χ0n) is 13.1. The number of ether oxygens (including phenoxy) is 1. The van der Waals surface area contributed by atoms with E-state index in [4.69, 9.17) is 10.5 Å². The first-order valence-corrected chi connectivity index (χ1v) is 7.59. The van der Waals surface area contributed by atoms with Crippen LogP contribution in [-0.2, 0) is 0 Å². The van der Waals surface area contributed by atoms with E-state index in [1.165, 1.54) is 12.1 Å². The summed E-state index contributed by atoms with van der Waals surface area (Å²) >= 11 is 0. The molecule has 0 unspecified atom stereocenters. The molecule has 23 heavy (non-hydrogen) atoms. The summed E-state index contributed by atoms with van der Waals surface area (Å²) in [6.45, 7) is 2.98. The van der Waals surface area contributed by atoms with Crippen LogP contribution in [0.1, 0.15) is 28.8 Å². The number of nitrogens with one attached hydrogen (secondary N) is 1. The van der Waals surface area contributed by atoms with Gasteiger partial charge in [0.05, 0.1) is 6.61 Å². The molecule has 5 heteroatoms. The van der Waals surface area contributed by atoms with Crippen molar-refractivity contribution in [3.05, 3.63) is 59.4 Å². The summed E-state index contributed by atoms with van der Waals surface area (Å²) < 4.78 is 18.2. The third kappa shape index (κ3) is 5.29. The van der Waals surface area contributed by atoms with Crippen molar-refractivity contribution in [2.24, 2.45) is 0 Å². The molecule has 3 N–H and O–H groups in total. The standard InChI is InChI=1S/C18H21FN2O2/c1-13-4-7-15(20)12-17(13)18(22)21-10-2-3-11-23-16-8-5-14(19)6-9-16/h4-9,12H,2-3,10-11,20H2,1H3,(H,21,22). The van der Waals surface area contributed by atoms with Gasteiger partial charge in [-0.15, -0.1) is 0 Å². The molecule has 122 valence electrons. The molecule has 2 aromatic carbocycles. The molecule has 0 aromatic heterocycles. The van der Waals surface area contributed by atoms with Gasteiger partial charge in [-0.05, 0) is 61.7 Å². The Hall–Kier alpha value is -2.56. The Morgan fingerprint density at radius 3 is 2.65 bits per heavy atom. The van der Waals surface area contributed by atoms with Crippen LogP contribution in [0.25, 0.3) is 0 Å². The van der Waals surface area contributed by atoms with Gasteiger partial charge in [-0.25, -0.2) is 4.39 Å². The van der Waals surface area contributed by atoms with E-state index < -0.39 is 0 Å². The molecule has 0 radical (unpaired) electrons. The molecule has 4 nitrogen and oxygen atoms in total. The van der Waals surface area contributed by atoms with Gasteiger partial charge in [0.25, 0.3) is 5.91 Å². The van der Waals surface area contributed by atoms with Crippen LogP contribution in [0.2, 0.25) is 0 Å². The van der Waals surface area contributed by atoms with Crippen molar-refractivity contribution < 1.29 is 13.9 Å². The van der Waals surface area contributed by atoms with Gasteiger partial charge in [0.1, 0.15) is 11.6 Å². The Bertz CT molecular complexity index is 657. The third-order valence-electron chi connectivity index (χ3n) is 3.45. The number of halogens is 1. The smallest absolute Gasteiger partial charge is 0.251 e. The lowest BCUT2D eigenvalue weighted by molar-refractivity contribution is 0.0951. The van der Waals surface area contributed by atoms with Crippen LogP contribution in [0.15, 0.2) is 42.5 Å². The van der Waals surface area contributed by atoms with Crippen molar-refractivity contribution in [1.82, 2.24) is 5.32 Å². The van der Waals surface area contributed by atoms with Crippen LogP contribution in [-0.4, -0.2) is 19.1 Å². The number of nitrogens with two attached hydrogens (primary N) is 1. The van der Waals surface area contributed by atoms with Gasteiger partial charge in [-0.1, -0.05) is 6.07 Å². The van der Waals surface area contributed by atoms with E-state index in [0.29, 0.717) is 30.2 Å². The zero-order valence-corrected chi connectivity index (χ0v) is 13.1. The average Bonchev–Trinajstić information content (AvgIpc) is 2.54. The Balaban J connectivity index is 1.66. The quantitative estimate of drug-likeness (QED) is 0.608. The van der Waals surface area contributed by atoms with Crippen molar-refractivity contribution in [1.29, 1.82) is 0 Å². The predicted octanol–water partition coefficient (Wildman–Crippen LogP) is 3.31. The lowest BCUT2D eigenvalue weighted by atomic mass is 10.1. The maximum atomic E-state index is 12.7. The van der Waals surface area contributed by atoms with Crippen molar-refractivity contribution in [2.45, 2.75) is 19.8 Å². The van der Waals surface area contributed by atoms with Crippen LogP contribution in [0.4, 0.5) is 10.1 Å². The molecular weight excluding hydrogens is 295 g/mol. The molecule has 0 saturated carbocycles. The van der Waals surface area contributed by atoms with Crippen LogP contribution in [0.3, 0.4) is 0 Å². The van der Waals surface area contributed by atoms with Crippen LogP contribution >= 0.6 is 0 Å². The Kier molecular flexibility index (Phi) is 5.97. The molecule has 1 amide bonds. The normalized spacial score (nSPS) is 10.3. The van der Waals surface area contributed by atoms with Gasteiger partial charge in [0.2, 0.25) is 0 Å². The fraction of sp³-hybridized carbons (Fsp3) is 0.278. The summed E-state index contributed by atoms with van der Waals surface area (Å²) in [7, 11) is 0. The molecule has 0 bridgehead atoms. The second-order valence-electron chi connectivity index (χ2n) is 5.34. The third-order valence-corrected chi connectivity index (χ3v) is 3.45. The number of hydrogen-bond acceptors (Lipinski definition) is 3. The summed E-state index contributed by atoms with van der Waals surface area (Å²) in [6, 6.07) is 11.2. The van der Waals surface area contributed by atoms with Gasteiger partial charge in [0, 0.05) is 17.8 Å². The topological polar surface area (TPSA) is 64.4 Å². The number of unbranched alkanes of at least 4 members (excludes halogenated alkanes) is 1. The lowest BCUT2D eigenvalue weighted by Gasteiger charge is -2.09. The molecule has 0 aliphatic heterocycles. The first kappa shape index (κ1) is 16.8. The second-order valence-corrected chi connectivity index (χ2v) is 5.34.